The molecule has 1 aliphatic carbocycles. The molecule has 1 aliphatic rings. The highest BCUT2D eigenvalue weighted by atomic mass is 16.5. The molecule has 0 fully saturated rings. The maximum Gasteiger partial charge on any atom is 0.338 e. The summed E-state index contributed by atoms with van der Waals surface area (Å²) >= 11 is 0. The number of carbonyl (C=O) groups is 2. The third kappa shape index (κ3) is 3.85. The zero-order valence-electron chi connectivity index (χ0n) is 16.1. The van der Waals surface area contributed by atoms with E-state index in [1.165, 1.54) is 24.6 Å². The van der Waals surface area contributed by atoms with Crippen molar-refractivity contribution in [2.24, 2.45) is 0 Å². The smallest absolute Gasteiger partial charge is 0.338 e. The highest BCUT2D eigenvalue weighted by Gasteiger charge is 2.21. The lowest BCUT2D eigenvalue weighted by molar-refractivity contribution is -0.123. The summed E-state index contributed by atoms with van der Waals surface area (Å²) in [7, 11) is 0. The van der Waals surface area contributed by atoms with Gasteiger partial charge in [-0.2, -0.15) is 5.26 Å². The minimum atomic E-state index is -0.950. The maximum atomic E-state index is 12.6. The Kier molecular flexibility index (Phi) is 5.05. The minimum Gasteiger partial charge on any atom is -0.449 e. The topological polar surface area (TPSA) is 95.0 Å². The van der Waals surface area contributed by atoms with Gasteiger partial charge in [0, 0.05) is 22.3 Å². The first-order valence-electron chi connectivity index (χ1n) is 9.70. The highest BCUT2D eigenvalue weighted by Crippen LogP contribution is 2.30. The van der Waals surface area contributed by atoms with E-state index in [2.05, 4.69) is 10.3 Å². The summed E-state index contributed by atoms with van der Waals surface area (Å²) in [6, 6.07) is 14.0. The lowest BCUT2D eigenvalue weighted by Crippen LogP contribution is -2.30. The predicted octanol–water partition coefficient (Wildman–Crippen LogP) is 4.10. The van der Waals surface area contributed by atoms with Crippen LogP contribution < -0.4 is 5.32 Å². The molecule has 1 aromatic heterocycles. The fourth-order valence-corrected chi connectivity index (χ4v) is 3.69. The van der Waals surface area contributed by atoms with Crippen molar-refractivity contribution in [3.8, 4) is 6.07 Å². The Labute approximate surface area is 168 Å². The number of hydrogen-bond donors (Lipinski definition) is 2. The standard InChI is InChI=1S/C23H21N3O3/c1-14(22(27)25-17-9-6-15(13-24)7-10-17)29-23(28)16-8-11-21-19(12-16)18-4-2-3-5-20(18)26-21/h6-12,14,26H,2-5H2,1H3,(H,25,27). The SMILES string of the molecule is CC(OC(=O)c1ccc2[nH]c3c(c2c1)CCCC3)C(=O)Nc1ccc(C#N)cc1. The number of aromatic amines is 1. The first-order chi connectivity index (χ1) is 14.0. The van der Waals surface area contributed by atoms with Crippen LogP contribution in [0.3, 0.4) is 0 Å². The van der Waals surface area contributed by atoms with Crippen molar-refractivity contribution in [1.82, 2.24) is 4.98 Å². The van der Waals surface area contributed by atoms with Gasteiger partial charge in [-0.15, -0.1) is 0 Å². The van der Waals surface area contributed by atoms with Gasteiger partial charge in [-0.3, -0.25) is 4.79 Å². The number of aryl methyl sites for hydroxylation is 2. The summed E-state index contributed by atoms with van der Waals surface area (Å²) < 4.78 is 5.37. The van der Waals surface area contributed by atoms with E-state index < -0.39 is 18.0 Å². The van der Waals surface area contributed by atoms with Crippen LogP contribution in [0.25, 0.3) is 10.9 Å². The summed E-state index contributed by atoms with van der Waals surface area (Å²) in [5, 5.41) is 12.6. The molecule has 1 atom stereocenters. The van der Waals surface area contributed by atoms with Gasteiger partial charge in [-0.05, 0) is 80.6 Å². The van der Waals surface area contributed by atoms with E-state index in [-0.39, 0.29) is 0 Å². The van der Waals surface area contributed by atoms with Crippen LogP contribution in [-0.4, -0.2) is 23.0 Å². The first kappa shape index (κ1) is 18.8. The van der Waals surface area contributed by atoms with Crippen LogP contribution in [0.5, 0.6) is 0 Å². The molecular weight excluding hydrogens is 366 g/mol. The molecule has 29 heavy (non-hydrogen) atoms. The Balaban J connectivity index is 1.45. The number of aromatic nitrogens is 1. The van der Waals surface area contributed by atoms with Crippen LogP contribution in [0.4, 0.5) is 5.69 Å². The zero-order chi connectivity index (χ0) is 20.4. The first-order valence-corrected chi connectivity index (χ1v) is 9.70. The molecule has 0 saturated heterocycles. The number of nitriles is 1. The van der Waals surface area contributed by atoms with Gasteiger partial charge < -0.3 is 15.0 Å². The molecule has 0 bridgehead atoms. The molecule has 3 aromatic rings. The number of H-pyrrole nitrogens is 1. The molecule has 0 spiro atoms. The second-order valence-corrected chi connectivity index (χ2v) is 7.28. The number of nitrogens with zero attached hydrogens (tertiary/aromatic N) is 1. The van der Waals surface area contributed by atoms with Gasteiger partial charge in [0.25, 0.3) is 5.91 Å². The Morgan fingerprint density at radius 3 is 2.66 bits per heavy atom. The Morgan fingerprint density at radius 1 is 1.14 bits per heavy atom. The minimum absolute atomic E-state index is 0.428. The van der Waals surface area contributed by atoms with Gasteiger partial charge in [-0.25, -0.2) is 4.79 Å². The van der Waals surface area contributed by atoms with E-state index in [1.807, 2.05) is 18.2 Å². The number of fused-ring (bicyclic) bond motifs is 3. The van der Waals surface area contributed by atoms with Crippen LogP contribution >= 0.6 is 0 Å². The van der Waals surface area contributed by atoms with Crippen LogP contribution in [0.1, 0.15) is 46.9 Å². The van der Waals surface area contributed by atoms with Gasteiger partial charge in [0.1, 0.15) is 0 Å². The lowest BCUT2D eigenvalue weighted by atomic mass is 9.95. The average Bonchev–Trinajstić information content (AvgIpc) is 3.12. The van der Waals surface area contributed by atoms with Crippen molar-refractivity contribution in [2.75, 3.05) is 5.32 Å². The molecule has 146 valence electrons. The van der Waals surface area contributed by atoms with Crippen molar-refractivity contribution in [3.63, 3.8) is 0 Å². The summed E-state index contributed by atoms with van der Waals surface area (Å²) in [4.78, 5) is 28.4. The molecule has 0 radical (unpaired) electrons. The zero-order valence-corrected chi connectivity index (χ0v) is 16.1. The van der Waals surface area contributed by atoms with E-state index in [9.17, 15) is 9.59 Å². The number of carbonyl (C=O) groups excluding carboxylic acids is 2. The van der Waals surface area contributed by atoms with E-state index in [0.29, 0.717) is 16.8 Å². The van der Waals surface area contributed by atoms with Gasteiger partial charge in [0.2, 0.25) is 0 Å². The third-order valence-corrected chi connectivity index (χ3v) is 5.27. The fourth-order valence-electron chi connectivity index (χ4n) is 3.69. The molecule has 2 aromatic carbocycles. The van der Waals surface area contributed by atoms with E-state index in [4.69, 9.17) is 10.00 Å². The summed E-state index contributed by atoms with van der Waals surface area (Å²) in [5.41, 5.74) is 5.05. The molecule has 0 aliphatic heterocycles. The maximum absolute atomic E-state index is 12.6. The number of hydrogen-bond acceptors (Lipinski definition) is 4. The van der Waals surface area contributed by atoms with Crippen LogP contribution in [0.2, 0.25) is 0 Å². The average molecular weight is 387 g/mol. The van der Waals surface area contributed by atoms with Crippen LogP contribution in [0.15, 0.2) is 42.5 Å². The van der Waals surface area contributed by atoms with Crippen LogP contribution in [0, 0.1) is 11.3 Å². The molecule has 1 heterocycles. The lowest BCUT2D eigenvalue weighted by Gasteiger charge is -2.14. The van der Waals surface area contributed by atoms with Crippen molar-refractivity contribution >= 4 is 28.5 Å². The van der Waals surface area contributed by atoms with E-state index in [1.54, 1.807) is 30.3 Å². The van der Waals surface area contributed by atoms with Crippen LogP contribution in [-0.2, 0) is 22.4 Å². The second-order valence-electron chi connectivity index (χ2n) is 7.28. The summed E-state index contributed by atoms with van der Waals surface area (Å²) in [5.74, 6) is -0.955. The van der Waals surface area contributed by atoms with E-state index in [0.717, 1.165) is 30.2 Å². The number of rotatable bonds is 4. The number of esters is 1. The van der Waals surface area contributed by atoms with Gasteiger partial charge >= 0.3 is 5.97 Å². The monoisotopic (exact) mass is 387 g/mol. The molecule has 0 saturated carbocycles. The third-order valence-electron chi connectivity index (χ3n) is 5.27. The Hall–Kier alpha value is -3.59. The Bertz CT molecular complexity index is 1120. The van der Waals surface area contributed by atoms with Gasteiger partial charge in [-0.1, -0.05) is 0 Å². The summed E-state index contributed by atoms with van der Waals surface area (Å²) in [6.45, 7) is 1.54. The van der Waals surface area contributed by atoms with Crippen molar-refractivity contribution in [3.05, 3.63) is 64.8 Å². The molecule has 6 heteroatoms. The Morgan fingerprint density at radius 2 is 1.90 bits per heavy atom. The molecule has 4 rings (SSSR count). The van der Waals surface area contributed by atoms with Gasteiger partial charge in [0.05, 0.1) is 17.2 Å². The second kappa shape index (κ2) is 7.80. The largest absolute Gasteiger partial charge is 0.449 e. The highest BCUT2D eigenvalue weighted by molar-refractivity contribution is 5.99. The number of ether oxygens (including phenoxy) is 1. The normalized spacial score (nSPS) is 13.9. The van der Waals surface area contributed by atoms with Crippen molar-refractivity contribution in [1.29, 1.82) is 5.26 Å². The number of nitrogens with one attached hydrogen (secondary N) is 2. The quantitative estimate of drug-likeness (QED) is 0.659. The molecule has 1 unspecified atom stereocenters. The fraction of sp³-hybridized carbons (Fsp3) is 0.261. The molecule has 1 amide bonds. The summed E-state index contributed by atoms with van der Waals surface area (Å²) in [6.07, 6.45) is 3.43. The molecular formula is C23H21N3O3. The molecule has 2 N–H and O–H groups in total. The van der Waals surface area contributed by atoms with Gasteiger partial charge in [0.15, 0.2) is 6.10 Å². The predicted molar refractivity (Wildman–Crippen MR) is 110 cm³/mol. The van der Waals surface area contributed by atoms with Crippen molar-refractivity contribution < 1.29 is 14.3 Å². The molecule has 6 nitrogen and oxygen atoms in total. The number of anilines is 1. The number of amides is 1. The number of benzene rings is 2. The van der Waals surface area contributed by atoms with E-state index >= 15 is 0 Å². The van der Waals surface area contributed by atoms with Crippen molar-refractivity contribution in [2.45, 2.75) is 38.7 Å².